The van der Waals surface area contributed by atoms with E-state index in [1.807, 2.05) is 25.4 Å². The zero-order chi connectivity index (χ0) is 19.6. The number of aryl methyl sites for hydroxylation is 1. The third-order valence-electron chi connectivity index (χ3n) is 4.09. The molecule has 0 bridgehead atoms. The summed E-state index contributed by atoms with van der Waals surface area (Å²) in [5.41, 5.74) is 2.76. The maximum absolute atomic E-state index is 12.5. The van der Waals surface area contributed by atoms with Gasteiger partial charge in [-0.25, -0.2) is 4.68 Å². The Bertz CT molecular complexity index is 1020. The number of nitrogens with one attached hydrogen (secondary N) is 1. The Balaban J connectivity index is 1.94. The number of aromatic nitrogens is 4. The monoisotopic (exact) mass is 362 g/mol. The van der Waals surface area contributed by atoms with Crippen molar-refractivity contribution in [3.8, 4) is 11.8 Å². The summed E-state index contributed by atoms with van der Waals surface area (Å²) < 4.78 is 3.33. The van der Waals surface area contributed by atoms with Gasteiger partial charge in [0.1, 0.15) is 5.82 Å². The highest BCUT2D eigenvalue weighted by Crippen LogP contribution is 2.26. The normalized spacial score (nSPS) is 11.2. The Morgan fingerprint density at radius 1 is 1.30 bits per heavy atom. The van der Waals surface area contributed by atoms with Crippen LogP contribution in [0.25, 0.3) is 5.69 Å². The van der Waals surface area contributed by atoms with Gasteiger partial charge >= 0.3 is 0 Å². The van der Waals surface area contributed by atoms with Crippen molar-refractivity contribution in [3.05, 3.63) is 59.5 Å². The van der Waals surface area contributed by atoms with Crippen LogP contribution in [0.15, 0.2) is 42.7 Å². The van der Waals surface area contributed by atoms with Crippen molar-refractivity contribution < 1.29 is 4.79 Å². The molecule has 0 fully saturated rings. The smallest absolute Gasteiger partial charge is 0.230 e. The molecule has 2 heterocycles. The molecule has 0 spiro atoms. The van der Waals surface area contributed by atoms with Gasteiger partial charge in [0.25, 0.3) is 0 Å². The number of anilines is 1. The molecule has 0 radical (unpaired) electrons. The van der Waals surface area contributed by atoms with Crippen LogP contribution in [0.2, 0.25) is 0 Å². The fraction of sp³-hybridized carbons (Fsp3) is 0.300. The molecule has 0 saturated carbocycles. The summed E-state index contributed by atoms with van der Waals surface area (Å²) in [7, 11) is 1.81. The number of nitrogens with zero attached hydrogens (tertiary/aromatic N) is 5. The predicted molar refractivity (Wildman–Crippen MR) is 103 cm³/mol. The van der Waals surface area contributed by atoms with Crippen molar-refractivity contribution >= 4 is 11.7 Å². The van der Waals surface area contributed by atoms with E-state index in [0.29, 0.717) is 11.4 Å². The van der Waals surface area contributed by atoms with Gasteiger partial charge in [0, 0.05) is 24.7 Å². The summed E-state index contributed by atoms with van der Waals surface area (Å²) in [4.78, 5) is 12.5. The van der Waals surface area contributed by atoms with E-state index in [0.717, 1.165) is 16.9 Å². The molecule has 1 N–H and O–H groups in total. The van der Waals surface area contributed by atoms with Crippen LogP contribution in [0.5, 0.6) is 0 Å². The summed E-state index contributed by atoms with van der Waals surface area (Å²) in [5, 5.41) is 20.9. The number of hydrogen-bond donors (Lipinski definition) is 1. The van der Waals surface area contributed by atoms with E-state index < -0.39 is 0 Å². The molecule has 2 aromatic heterocycles. The second-order valence-electron chi connectivity index (χ2n) is 7.49. The third-order valence-corrected chi connectivity index (χ3v) is 4.09. The first-order chi connectivity index (χ1) is 12.8. The van der Waals surface area contributed by atoms with Crippen molar-refractivity contribution in [3.63, 3.8) is 0 Å². The van der Waals surface area contributed by atoms with Gasteiger partial charge in [-0.1, -0.05) is 26.8 Å². The maximum atomic E-state index is 12.5. The maximum Gasteiger partial charge on any atom is 0.230 e. The Morgan fingerprint density at radius 2 is 2.07 bits per heavy atom. The SMILES string of the molecule is Cn1cc(CC(=O)Nc2cc(C(C)(C)C)nn2-c2cccc(C#N)c2)cn1. The molecular weight excluding hydrogens is 340 g/mol. The minimum atomic E-state index is -0.180. The molecule has 0 atom stereocenters. The standard InChI is InChI=1S/C20H22N6O/c1-20(2,3)17-10-18(23-19(27)9-15-12-22-25(4)13-15)26(24-17)16-7-5-6-14(8-16)11-21/h5-8,10,12-13H,9H2,1-4H3,(H,23,27). The van der Waals surface area contributed by atoms with Gasteiger partial charge in [-0.2, -0.15) is 15.5 Å². The van der Waals surface area contributed by atoms with Crippen LogP contribution in [0.1, 0.15) is 37.6 Å². The molecule has 0 unspecified atom stereocenters. The lowest BCUT2D eigenvalue weighted by molar-refractivity contribution is -0.115. The van der Waals surface area contributed by atoms with Crippen LogP contribution in [0.3, 0.4) is 0 Å². The summed E-state index contributed by atoms with van der Waals surface area (Å²) >= 11 is 0. The molecule has 27 heavy (non-hydrogen) atoms. The van der Waals surface area contributed by atoms with Gasteiger partial charge in [0.2, 0.25) is 5.91 Å². The molecule has 1 aromatic carbocycles. The lowest BCUT2D eigenvalue weighted by atomic mass is 9.92. The van der Waals surface area contributed by atoms with Crippen molar-refractivity contribution in [1.29, 1.82) is 5.26 Å². The van der Waals surface area contributed by atoms with Gasteiger partial charge in [0.15, 0.2) is 0 Å². The van der Waals surface area contributed by atoms with Crippen LogP contribution in [-0.2, 0) is 23.7 Å². The number of carbonyl (C=O) groups is 1. The Hall–Kier alpha value is -3.40. The fourth-order valence-corrected chi connectivity index (χ4v) is 2.68. The van der Waals surface area contributed by atoms with Crippen LogP contribution < -0.4 is 5.32 Å². The molecule has 0 aliphatic rings. The van der Waals surface area contributed by atoms with E-state index in [-0.39, 0.29) is 17.7 Å². The molecule has 1 amide bonds. The highest BCUT2D eigenvalue weighted by Gasteiger charge is 2.21. The minimum absolute atomic E-state index is 0.152. The summed E-state index contributed by atoms with van der Waals surface area (Å²) in [5.74, 6) is 0.421. The molecule has 0 aliphatic carbocycles. The Labute approximate surface area is 158 Å². The van der Waals surface area contributed by atoms with Crippen molar-refractivity contribution in [1.82, 2.24) is 19.6 Å². The summed E-state index contributed by atoms with van der Waals surface area (Å²) in [6.45, 7) is 6.19. The average Bonchev–Trinajstić information content (AvgIpc) is 3.21. The van der Waals surface area contributed by atoms with Crippen molar-refractivity contribution in [2.24, 2.45) is 7.05 Å². The largest absolute Gasteiger partial charge is 0.310 e. The summed E-state index contributed by atoms with van der Waals surface area (Å²) in [6, 6.07) is 11.1. The van der Waals surface area contributed by atoms with Gasteiger partial charge in [0.05, 0.1) is 35.6 Å². The predicted octanol–water partition coefficient (Wildman–Crippen LogP) is 2.96. The molecule has 3 aromatic rings. The Kier molecular flexibility index (Phi) is 4.82. The quantitative estimate of drug-likeness (QED) is 0.773. The summed E-state index contributed by atoms with van der Waals surface area (Å²) in [6.07, 6.45) is 3.71. The highest BCUT2D eigenvalue weighted by atomic mass is 16.1. The fourth-order valence-electron chi connectivity index (χ4n) is 2.68. The number of benzene rings is 1. The molecule has 7 nitrogen and oxygen atoms in total. The first-order valence-electron chi connectivity index (χ1n) is 8.65. The van der Waals surface area contributed by atoms with Crippen molar-refractivity contribution in [2.75, 3.05) is 5.32 Å². The first-order valence-corrected chi connectivity index (χ1v) is 8.65. The van der Waals surface area contributed by atoms with E-state index in [4.69, 9.17) is 5.26 Å². The van der Waals surface area contributed by atoms with Gasteiger partial charge in [-0.05, 0) is 23.8 Å². The molecular formula is C20H22N6O. The lowest BCUT2D eigenvalue weighted by Gasteiger charge is -2.14. The first kappa shape index (κ1) is 18.4. The molecule has 0 aliphatic heterocycles. The Morgan fingerprint density at radius 3 is 2.70 bits per heavy atom. The van der Waals surface area contributed by atoms with E-state index in [2.05, 4.69) is 42.4 Å². The number of rotatable bonds is 4. The van der Waals surface area contributed by atoms with Crippen LogP contribution >= 0.6 is 0 Å². The van der Waals surface area contributed by atoms with E-state index in [1.165, 1.54) is 0 Å². The number of hydrogen-bond acceptors (Lipinski definition) is 4. The van der Waals surface area contributed by atoms with Gasteiger partial charge < -0.3 is 5.32 Å². The minimum Gasteiger partial charge on any atom is -0.310 e. The molecule has 7 heteroatoms. The van der Waals surface area contributed by atoms with Crippen LogP contribution in [-0.4, -0.2) is 25.5 Å². The van der Waals surface area contributed by atoms with Gasteiger partial charge in [-0.3, -0.25) is 9.48 Å². The molecule has 0 saturated heterocycles. The molecule has 3 rings (SSSR count). The third kappa shape index (κ3) is 4.23. The average molecular weight is 362 g/mol. The number of carbonyl (C=O) groups excluding carboxylic acids is 1. The van der Waals surface area contributed by atoms with Gasteiger partial charge in [-0.15, -0.1) is 0 Å². The zero-order valence-corrected chi connectivity index (χ0v) is 15.9. The van der Waals surface area contributed by atoms with Crippen LogP contribution in [0, 0.1) is 11.3 Å². The van der Waals surface area contributed by atoms with E-state index in [1.54, 1.807) is 33.8 Å². The van der Waals surface area contributed by atoms with E-state index in [9.17, 15) is 4.79 Å². The van der Waals surface area contributed by atoms with Crippen molar-refractivity contribution in [2.45, 2.75) is 32.6 Å². The number of nitriles is 1. The van der Waals surface area contributed by atoms with E-state index >= 15 is 0 Å². The zero-order valence-electron chi connectivity index (χ0n) is 15.9. The lowest BCUT2D eigenvalue weighted by Crippen LogP contribution is -2.17. The second-order valence-corrected chi connectivity index (χ2v) is 7.49. The second kappa shape index (κ2) is 7.08. The molecule has 138 valence electrons. The number of amides is 1. The highest BCUT2D eigenvalue weighted by molar-refractivity contribution is 5.91. The topological polar surface area (TPSA) is 88.5 Å². The van der Waals surface area contributed by atoms with Crippen LogP contribution in [0.4, 0.5) is 5.82 Å².